The van der Waals surface area contributed by atoms with Gasteiger partial charge < -0.3 is 4.90 Å². The van der Waals surface area contributed by atoms with E-state index in [1.807, 2.05) is 32.8 Å². The third kappa shape index (κ3) is 2.94. The van der Waals surface area contributed by atoms with Gasteiger partial charge in [-0.15, -0.1) is 0 Å². The topological polar surface area (TPSA) is 38.1 Å². The van der Waals surface area contributed by atoms with Crippen LogP contribution in [-0.2, 0) is 6.54 Å². The minimum absolute atomic E-state index is 0.000833. The Morgan fingerprint density at radius 2 is 2.27 bits per heavy atom. The molecule has 0 bridgehead atoms. The van der Waals surface area contributed by atoms with E-state index in [9.17, 15) is 4.79 Å². The number of allylic oxidation sites excluding steroid dienone is 1. The van der Waals surface area contributed by atoms with E-state index >= 15 is 0 Å². The number of carbonyl (C=O) groups excluding carboxylic acids is 1. The Kier molecular flexibility index (Phi) is 3.66. The molecule has 4 heteroatoms. The Labute approximate surface area is 90.2 Å². The third-order valence-electron chi connectivity index (χ3n) is 2.06. The molecule has 0 radical (unpaired) electrons. The summed E-state index contributed by atoms with van der Waals surface area (Å²) in [5.41, 5.74) is 1.46. The molecule has 1 rings (SSSR count). The molecule has 0 aliphatic heterocycles. The maximum absolute atomic E-state index is 11.7. The molecule has 1 aromatic rings. The highest BCUT2D eigenvalue weighted by molar-refractivity contribution is 6.05. The van der Waals surface area contributed by atoms with Crippen molar-refractivity contribution >= 4 is 5.78 Å². The normalized spacial score (nSPS) is 10.9. The minimum atomic E-state index is 0.000833. The summed E-state index contributed by atoms with van der Waals surface area (Å²) in [4.78, 5) is 13.6. The van der Waals surface area contributed by atoms with Crippen molar-refractivity contribution in [2.24, 2.45) is 0 Å². The van der Waals surface area contributed by atoms with Crippen molar-refractivity contribution in [3.05, 3.63) is 29.7 Å². The zero-order valence-electron chi connectivity index (χ0n) is 9.69. The largest absolute Gasteiger partial charge is 0.383 e. The van der Waals surface area contributed by atoms with Gasteiger partial charge in [-0.05, 0) is 13.8 Å². The number of ketones is 1. The van der Waals surface area contributed by atoms with Gasteiger partial charge in [0.15, 0.2) is 5.78 Å². The summed E-state index contributed by atoms with van der Waals surface area (Å²) in [5, 5.41) is 4.23. The Bertz CT molecular complexity index is 377. The van der Waals surface area contributed by atoms with E-state index in [4.69, 9.17) is 0 Å². The summed E-state index contributed by atoms with van der Waals surface area (Å²) in [6.07, 6.45) is 5.09. The van der Waals surface area contributed by atoms with E-state index < -0.39 is 0 Å². The molecule has 0 atom stereocenters. The zero-order chi connectivity index (χ0) is 11.4. The van der Waals surface area contributed by atoms with Crippen LogP contribution < -0.4 is 0 Å². The van der Waals surface area contributed by atoms with Gasteiger partial charge in [0.25, 0.3) is 0 Å². The summed E-state index contributed by atoms with van der Waals surface area (Å²) in [6.45, 7) is 4.63. The molecule has 0 aliphatic carbocycles. The molecule has 0 aromatic carbocycles. The summed E-state index contributed by atoms with van der Waals surface area (Å²) in [7, 11) is 3.76. The van der Waals surface area contributed by atoms with Gasteiger partial charge in [0.05, 0.1) is 11.3 Å². The maximum Gasteiger partial charge on any atom is 0.190 e. The van der Waals surface area contributed by atoms with Crippen molar-refractivity contribution in [2.75, 3.05) is 14.1 Å². The van der Waals surface area contributed by atoms with E-state index in [-0.39, 0.29) is 5.78 Å². The number of aromatic nitrogens is 2. The van der Waals surface area contributed by atoms with Crippen LogP contribution in [0.4, 0.5) is 0 Å². The lowest BCUT2D eigenvalue weighted by atomic mass is 10.2. The van der Waals surface area contributed by atoms with Crippen molar-refractivity contribution in [3.63, 3.8) is 0 Å². The molecule has 0 aliphatic rings. The molecule has 0 N–H and O–H groups in total. The number of carbonyl (C=O) groups is 1. The molecule has 0 amide bonds. The number of hydrogen-bond donors (Lipinski definition) is 0. The number of rotatable bonds is 4. The smallest absolute Gasteiger partial charge is 0.190 e. The fourth-order valence-corrected chi connectivity index (χ4v) is 1.23. The first-order valence-electron chi connectivity index (χ1n) is 4.97. The molecule has 4 nitrogen and oxygen atoms in total. The Hall–Kier alpha value is -1.58. The van der Waals surface area contributed by atoms with Crippen LogP contribution in [0.5, 0.6) is 0 Å². The van der Waals surface area contributed by atoms with Gasteiger partial charge >= 0.3 is 0 Å². The first-order chi connectivity index (χ1) is 7.04. The summed E-state index contributed by atoms with van der Waals surface area (Å²) < 4.78 is 1.77. The van der Waals surface area contributed by atoms with Crippen molar-refractivity contribution in [3.8, 4) is 0 Å². The standard InChI is InChI=1S/C11H17N3O/c1-5-14-8-10(9(2)12-14)11(15)6-7-13(3)4/h6-8H,5H2,1-4H3/b7-6+. The highest BCUT2D eigenvalue weighted by Crippen LogP contribution is 2.07. The summed E-state index contributed by atoms with van der Waals surface area (Å²) in [5.74, 6) is 0.000833. The molecule has 0 spiro atoms. The fourth-order valence-electron chi connectivity index (χ4n) is 1.23. The molecule has 1 heterocycles. The van der Waals surface area contributed by atoms with E-state index in [0.717, 1.165) is 12.2 Å². The van der Waals surface area contributed by atoms with Crippen LogP contribution in [0, 0.1) is 6.92 Å². The molecule has 1 aromatic heterocycles. The molecular formula is C11H17N3O. The SMILES string of the molecule is CCn1cc(C(=O)/C=C/N(C)C)c(C)n1. The molecular weight excluding hydrogens is 190 g/mol. The lowest BCUT2D eigenvalue weighted by molar-refractivity contribution is 0.104. The maximum atomic E-state index is 11.7. The first kappa shape index (κ1) is 11.5. The zero-order valence-corrected chi connectivity index (χ0v) is 9.69. The van der Waals surface area contributed by atoms with Crippen molar-refractivity contribution < 1.29 is 4.79 Å². The van der Waals surface area contributed by atoms with Crippen LogP contribution in [0.25, 0.3) is 0 Å². The molecule has 15 heavy (non-hydrogen) atoms. The summed E-state index contributed by atoms with van der Waals surface area (Å²) >= 11 is 0. The lowest BCUT2D eigenvalue weighted by Crippen LogP contribution is -2.03. The molecule has 0 saturated heterocycles. The van der Waals surface area contributed by atoms with Crippen molar-refractivity contribution in [1.29, 1.82) is 0 Å². The Morgan fingerprint density at radius 3 is 2.73 bits per heavy atom. The fraction of sp³-hybridized carbons (Fsp3) is 0.455. The van der Waals surface area contributed by atoms with Crippen LogP contribution in [0.15, 0.2) is 18.5 Å². The van der Waals surface area contributed by atoms with Gasteiger partial charge in [-0.3, -0.25) is 9.48 Å². The van der Waals surface area contributed by atoms with Gasteiger partial charge in [-0.1, -0.05) is 0 Å². The second-order valence-electron chi connectivity index (χ2n) is 3.63. The predicted octanol–water partition coefficient (Wildman–Crippen LogP) is 1.47. The van der Waals surface area contributed by atoms with E-state index in [1.165, 1.54) is 0 Å². The van der Waals surface area contributed by atoms with Gasteiger partial charge in [-0.2, -0.15) is 5.10 Å². The Balaban J connectivity index is 2.86. The number of aryl methyl sites for hydroxylation is 2. The predicted molar refractivity (Wildman–Crippen MR) is 59.8 cm³/mol. The van der Waals surface area contributed by atoms with Crippen LogP contribution in [-0.4, -0.2) is 34.6 Å². The lowest BCUT2D eigenvalue weighted by Gasteiger charge is -2.01. The molecule has 82 valence electrons. The van der Waals surface area contributed by atoms with E-state index in [0.29, 0.717) is 5.56 Å². The Morgan fingerprint density at radius 1 is 1.60 bits per heavy atom. The minimum Gasteiger partial charge on any atom is -0.383 e. The van der Waals surface area contributed by atoms with Gasteiger partial charge in [0.1, 0.15) is 0 Å². The van der Waals surface area contributed by atoms with E-state index in [2.05, 4.69) is 5.10 Å². The van der Waals surface area contributed by atoms with Gasteiger partial charge in [-0.25, -0.2) is 0 Å². The van der Waals surface area contributed by atoms with Gasteiger partial charge in [0.2, 0.25) is 0 Å². The average Bonchev–Trinajstić information content (AvgIpc) is 2.56. The highest BCUT2D eigenvalue weighted by Gasteiger charge is 2.09. The third-order valence-corrected chi connectivity index (χ3v) is 2.06. The molecule has 0 saturated carbocycles. The van der Waals surface area contributed by atoms with Crippen molar-refractivity contribution in [1.82, 2.24) is 14.7 Å². The second kappa shape index (κ2) is 4.77. The number of hydrogen-bond acceptors (Lipinski definition) is 3. The first-order valence-corrected chi connectivity index (χ1v) is 4.97. The highest BCUT2D eigenvalue weighted by atomic mass is 16.1. The molecule has 0 fully saturated rings. The quantitative estimate of drug-likeness (QED) is 0.554. The second-order valence-corrected chi connectivity index (χ2v) is 3.63. The van der Waals surface area contributed by atoms with E-state index in [1.54, 1.807) is 23.2 Å². The number of nitrogens with zero attached hydrogens (tertiary/aromatic N) is 3. The van der Waals surface area contributed by atoms with Crippen LogP contribution in [0.1, 0.15) is 23.0 Å². The van der Waals surface area contributed by atoms with Gasteiger partial charge in [0, 0.05) is 39.1 Å². The average molecular weight is 207 g/mol. The van der Waals surface area contributed by atoms with Crippen molar-refractivity contribution in [2.45, 2.75) is 20.4 Å². The monoisotopic (exact) mass is 207 g/mol. The van der Waals surface area contributed by atoms with Crippen LogP contribution >= 0.6 is 0 Å². The molecule has 0 unspecified atom stereocenters. The van der Waals surface area contributed by atoms with Crippen LogP contribution in [0.2, 0.25) is 0 Å². The van der Waals surface area contributed by atoms with Crippen LogP contribution in [0.3, 0.4) is 0 Å². The summed E-state index contributed by atoms with van der Waals surface area (Å²) in [6, 6.07) is 0.